The quantitative estimate of drug-likeness (QED) is 0.617. The highest BCUT2D eigenvalue weighted by atomic mass is 35.5. The Kier molecular flexibility index (Phi) is 3.87. The summed E-state index contributed by atoms with van der Waals surface area (Å²) in [7, 11) is 0. The Morgan fingerprint density at radius 1 is 0.900 bits per heavy atom. The van der Waals surface area contributed by atoms with Crippen LogP contribution in [0.15, 0.2) is 36.4 Å². The molecular weight excluding hydrogens is 307 g/mol. The third kappa shape index (κ3) is 2.71. The monoisotopic (exact) mass is 312 g/mol. The van der Waals surface area contributed by atoms with E-state index in [1.54, 1.807) is 6.07 Å². The van der Waals surface area contributed by atoms with Crippen molar-refractivity contribution in [2.24, 2.45) is 0 Å². The van der Waals surface area contributed by atoms with Gasteiger partial charge in [0.2, 0.25) is 0 Å². The largest absolute Gasteiger partial charge is 0.289 e. The second-order valence-electron chi connectivity index (χ2n) is 3.85. The maximum atomic E-state index is 10.7. The van der Waals surface area contributed by atoms with Gasteiger partial charge in [-0.2, -0.15) is 0 Å². The first-order valence-electron chi connectivity index (χ1n) is 5.28. The molecule has 0 aliphatic rings. The maximum absolute atomic E-state index is 10.7. The van der Waals surface area contributed by atoms with Gasteiger partial charge in [0.1, 0.15) is 5.02 Å². The molecule has 0 aliphatic heterocycles. The van der Waals surface area contributed by atoms with Crippen molar-refractivity contribution in [3.05, 3.63) is 66.7 Å². The molecule has 20 heavy (non-hydrogen) atoms. The van der Waals surface area contributed by atoms with Crippen molar-refractivity contribution in [1.29, 1.82) is 0 Å². The van der Waals surface area contributed by atoms with Gasteiger partial charge in [0, 0.05) is 23.8 Å². The summed E-state index contributed by atoms with van der Waals surface area (Å²) in [4.78, 5) is 20.3. The second-order valence-corrected chi connectivity index (χ2v) is 4.66. The van der Waals surface area contributed by atoms with Gasteiger partial charge in [-0.1, -0.05) is 35.3 Å². The van der Waals surface area contributed by atoms with Gasteiger partial charge in [0.15, 0.2) is 0 Å². The van der Waals surface area contributed by atoms with Crippen molar-refractivity contribution in [3.8, 4) is 11.1 Å². The average Bonchev–Trinajstić information content (AvgIpc) is 2.40. The molecule has 0 saturated heterocycles. The third-order valence-corrected chi connectivity index (χ3v) is 3.22. The molecule has 0 spiro atoms. The number of nitrogens with zero attached hydrogens (tertiary/aromatic N) is 2. The van der Waals surface area contributed by atoms with Crippen molar-refractivity contribution in [3.63, 3.8) is 0 Å². The molecule has 2 aromatic carbocycles. The normalized spacial score (nSPS) is 10.3. The summed E-state index contributed by atoms with van der Waals surface area (Å²) in [6, 6.07) is 8.21. The summed E-state index contributed by atoms with van der Waals surface area (Å²) in [5, 5.41) is 21.5. The Bertz CT molecular complexity index is 719. The van der Waals surface area contributed by atoms with Crippen molar-refractivity contribution in [1.82, 2.24) is 0 Å². The van der Waals surface area contributed by atoms with Crippen LogP contribution in [0.25, 0.3) is 11.1 Å². The van der Waals surface area contributed by atoms with Gasteiger partial charge in [0.25, 0.3) is 11.4 Å². The average molecular weight is 313 g/mol. The van der Waals surface area contributed by atoms with E-state index in [9.17, 15) is 20.2 Å². The molecule has 0 heterocycles. The highest BCUT2D eigenvalue weighted by Gasteiger charge is 2.18. The molecule has 8 heteroatoms. The second kappa shape index (κ2) is 5.44. The van der Waals surface area contributed by atoms with Crippen LogP contribution in [0, 0.1) is 20.2 Å². The molecule has 0 N–H and O–H groups in total. The number of nitro benzene ring substituents is 2. The van der Waals surface area contributed by atoms with Crippen LogP contribution in [0.1, 0.15) is 0 Å². The lowest BCUT2D eigenvalue weighted by atomic mass is 10.0. The van der Waals surface area contributed by atoms with Gasteiger partial charge in [-0.15, -0.1) is 0 Å². The van der Waals surface area contributed by atoms with Crippen LogP contribution < -0.4 is 0 Å². The van der Waals surface area contributed by atoms with Crippen LogP contribution in [-0.4, -0.2) is 9.85 Å². The predicted molar refractivity (Wildman–Crippen MR) is 75.2 cm³/mol. The van der Waals surface area contributed by atoms with Gasteiger partial charge in [-0.05, 0) is 11.6 Å². The molecule has 2 aromatic rings. The molecule has 0 aromatic heterocycles. The van der Waals surface area contributed by atoms with Crippen molar-refractivity contribution >= 4 is 34.6 Å². The molecule has 0 saturated carbocycles. The lowest BCUT2D eigenvalue weighted by Gasteiger charge is -2.06. The first kappa shape index (κ1) is 14.2. The highest BCUT2D eigenvalue weighted by molar-refractivity contribution is 6.36. The fraction of sp³-hybridized carbons (Fsp3) is 0. The molecule has 0 fully saturated rings. The van der Waals surface area contributed by atoms with E-state index in [1.165, 1.54) is 24.3 Å². The molecule has 0 radical (unpaired) electrons. The molecule has 0 aliphatic carbocycles. The van der Waals surface area contributed by atoms with Crippen LogP contribution >= 0.6 is 23.2 Å². The Morgan fingerprint density at radius 2 is 1.60 bits per heavy atom. The summed E-state index contributed by atoms with van der Waals surface area (Å²) >= 11 is 11.8. The predicted octanol–water partition coefficient (Wildman–Crippen LogP) is 4.48. The Balaban J connectivity index is 2.59. The molecule has 0 unspecified atom stereocenters. The van der Waals surface area contributed by atoms with E-state index < -0.39 is 9.85 Å². The smallest absolute Gasteiger partial charge is 0.258 e. The van der Waals surface area contributed by atoms with Gasteiger partial charge < -0.3 is 0 Å². The van der Waals surface area contributed by atoms with Gasteiger partial charge in [-0.3, -0.25) is 20.2 Å². The number of hydrogen-bond donors (Lipinski definition) is 0. The molecule has 6 nitrogen and oxygen atoms in total. The molecule has 2 rings (SSSR count). The van der Waals surface area contributed by atoms with E-state index in [0.29, 0.717) is 11.1 Å². The zero-order valence-corrected chi connectivity index (χ0v) is 11.3. The summed E-state index contributed by atoms with van der Waals surface area (Å²) < 4.78 is 0. The summed E-state index contributed by atoms with van der Waals surface area (Å²) in [6.45, 7) is 0. The first-order chi connectivity index (χ1) is 9.40. The lowest BCUT2D eigenvalue weighted by molar-refractivity contribution is -0.384. The SMILES string of the molecule is O=[N+]([O-])c1cccc(-c2cc(Cl)c([N+](=O)[O-])cc2Cl)c1. The Morgan fingerprint density at radius 3 is 2.20 bits per heavy atom. The van der Waals surface area contributed by atoms with E-state index in [4.69, 9.17) is 23.2 Å². The minimum atomic E-state index is -0.647. The minimum absolute atomic E-state index is 0.0825. The Hall–Kier alpha value is -2.18. The topological polar surface area (TPSA) is 86.3 Å². The number of non-ortho nitro benzene ring substituents is 1. The number of rotatable bonds is 3. The van der Waals surface area contributed by atoms with E-state index >= 15 is 0 Å². The van der Waals surface area contributed by atoms with Gasteiger partial charge in [-0.25, -0.2) is 0 Å². The number of benzene rings is 2. The van der Waals surface area contributed by atoms with E-state index in [1.807, 2.05) is 0 Å². The highest BCUT2D eigenvalue weighted by Crippen LogP contribution is 2.37. The van der Waals surface area contributed by atoms with Crippen LogP contribution in [-0.2, 0) is 0 Å². The molecule has 0 bridgehead atoms. The zero-order chi connectivity index (χ0) is 14.9. The van der Waals surface area contributed by atoms with Crippen LogP contribution in [0.5, 0.6) is 0 Å². The standard InChI is InChI=1S/C12H6Cl2N2O4/c13-10-6-12(16(19)20)11(14)5-9(10)7-2-1-3-8(4-7)15(17)18/h1-6H. The van der Waals surface area contributed by atoms with Crippen molar-refractivity contribution < 1.29 is 9.85 Å². The summed E-state index contributed by atoms with van der Waals surface area (Å²) in [6.07, 6.45) is 0. The third-order valence-electron chi connectivity index (χ3n) is 2.60. The van der Waals surface area contributed by atoms with E-state index in [2.05, 4.69) is 0 Å². The number of hydrogen-bond acceptors (Lipinski definition) is 4. The summed E-state index contributed by atoms with van der Waals surface area (Å²) in [5.41, 5.74) is 0.436. The van der Waals surface area contributed by atoms with Crippen LogP contribution in [0.2, 0.25) is 10.0 Å². The van der Waals surface area contributed by atoms with Gasteiger partial charge in [0.05, 0.1) is 14.9 Å². The Labute approximate surface area is 122 Å². The molecule has 0 atom stereocenters. The lowest BCUT2D eigenvalue weighted by Crippen LogP contribution is -1.92. The number of nitro groups is 2. The van der Waals surface area contributed by atoms with E-state index in [-0.39, 0.29) is 21.4 Å². The van der Waals surface area contributed by atoms with Gasteiger partial charge >= 0.3 is 0 Å². The summed E-state index contributed by atoms with van der Waals surface area (Å²) in [5.74, 6) is 0. The number of halogens is 2. The van der Waals surface area contributed by atoms with Crippen molar-refractivity contribution in [2.75, 3.05) is 0 Å². The molecular formula is C12H6Cl2N2O4. The zero-order valence-electron chi connectivity index (χ0n) is 9.75. The fourth-order valence-electron chi connectivity index (χ4n) is 1.68. The molecule has 102 valence electrons. The fourth-order valence-corrected chi connectivity index (χ4v) is 2.18. The minimum Gasteiger partial charge on any atom is -0.258 e. The van der Waals surface area contributed by atoms with E-state index in [0.717, 1.165) is 6.07 Å². The molecule has 0 amide bonds. The van der Waals surface area contributed by atoms with Crippen LogP contribution in [0.4, 0.5) is 11.4 Å². The van der Waals surface area contributed by atoms with Crippen LogP contribution in [0.3, 0.4) is 0 Å². The van der Waals surface area contributed by atoms with Crippen molar-refractivity contribution in [2.45, 2.75) is 0 Å². The maximum Gasteiger partial charge on any atom is 0.289 e. The first-order valence-corrected chi connectivity index (χ1v) is 6.04.